The third-order valence-corrected chi connectivity index (χ3v) is 5.05. The molecule has 0 saturated carbocycles. The van der Waals surface area contributed by atoms with Crippen LogP contribution in [0, 0.1) is 0 Å². The van der Waals surface area contributed by atoms with Crippen LogP contribution in [-0.2, 0) is 17.8 Å². The van der Waals surface area contributed by atoms with E-state index in [-0.39, 0.29) is 12.2 Å². The predicted octanol–water partition coefficient (Wildman–Crippen LogP) is 2.86. The van der Waals surface area contributed by atoms with Gasteiger partial charge in [0, 0.05) is 24.1 Å². The van der Waals surface area contributed by atoms with Crippen molar-refractivity contribution in [2.75, 3.05) is 0 Å². The number of fused-ring (bicyclic) bond motifs is 1. The number of carbonyl (C=O) groups is 1. The van der Waals surface area contributed by atoms with Gasteiger partial charge in [-0.1, -0.05) is 18.3 Å². The zero-order valence-electron chi connectivity index (χ0n) is 14.5. The first kappa shape index (κ1) is 17.2. The number of hydrogen-bond donors (Lipinski definition) is 0. The van der Waals surface area contributed by atoms with E-state index in [4.69, 9.17) is 4.74 Å². The van der Waals surface area contributed by atoms with E-state index < -0.39 is 5.97 Å². The molecule has 0 atom stereocenters. The summed E-state index contributed by atoms with van der Waals surface area (Å²) in [5.41, 5.74) is 1.52. The van der Waals surface area contributed by atoms with Gasteiger partial charge in [-0.2, -0.15) is 9.61 Å². The van der Waals surface area contributed by atoms with Crippen molar-refractivity contribution in [3.63, 3.8) is 0 Å². The summed E-state index contributed by atoms with van der Waals surface area (Å²) in [6.45, 7) is 1.90. The van der Waals surface area contributed by atoms with Crippen molar-refractivity contribution in [2.24, 2.45) is 0 Å². The molecule has 0 saturated heterocycles. The number of nitrogens with zero attached hydrogens (tertiary/aromatic N) is 4. The van der Waals surface area contributed by atoms with Gasteiger partial charge in [0.15, 0.2) is 0 Å². The first-order chi connectivity index (χ1) is 13.1. The van der Waals surface area contributed by atoms with Gasteiger partial charge in [-0.25, -0.2) is 9.78 Å². The fourth-order valence-electron chi connectivity index (χ4n) is 2.61. The molecule has 3 aromatic heterocycles. The maximum atomic E-state index is 12.3. The van der Waals surface area contributed by atoms with Gasteiger partial charge in [0.05, 0.1) is 11.3 Å². The van der Waals surface area contributed by atoms with Crippen LogP contribution in [0.25, 0.3) is 10.6 Å². The molecule has 0 N–H and O–H groups in total. The van der Waals surface area contributed by atoms with E-state index in [0.717, 1.165) is 17.1 Å². The summed E-state index contributed by atoms with van der Waals surface area (Å²) in [6, 6.07) is 12.3. The zero-order chi connectivity index (χ0) is 18.8. The third-order valence-electron chi connectivity index (χ3n) is 4.00. The number of hydrogen-bond acceptors (Lipinski definition) is 6. The summed E-state index contributed by atoms with van der Waals surface area (Å²) in [5, 5.41) is 5.02. The van der Waals surface area contributed by atoms with Crippen molar-refractivity contribution in [3.05, 3.63) is 81.5 Å². The van der Waals surface area contributed by atoms with Crippen molar-refractivity contribution in [1.29, 1.82) is 0 Å². The molecule has 0 fully saturated rings. The van der Waals surface area contributed by atoms with E-state index in [0.29, 0.717) is 16.2 Å². The molecule has 4 aromatic rings. The van der Waals surface area contributed by atoms with Gasteiger partial charge in [-0.05, 0) is 42.8 Å². The number of aromatic nitrogens is 4. The average Bonchev–Trinajstić information content (AvgIpc) is 3.36. The van der Waals surface area contributed by atoms with Crippen LogP contribution in [-0.4, -0.2) is 25.1 Å². The topological polar surface area (TPSA) is 78.5 Å². The molecule has 0 aliphatic carbocycles. The molecule has 0 unspecified atom stereocenters. The summed E-state index contributed by atoms with van der Waals surface area (Å²) in [7, 11) is 0. The molecule has 3 heterocycles. The first-order valence-electron chi connectivity index (χ1n) is 8.43. The quantitative estimate of drug-likeness (QED) is 0.498. The van der Waals surface area contributed by atoms with E-state index in [1.165, 1.54) is 21.9 Å². The highest BCUT2D eigenvalue weighted by molar-refractivity contribution is 7.16. The molecular weight excluding hydrogens is 364 g/mol. The Balaban J connectivity index is 1.47. The molecule has 0 radical (unpaired) electrons. The van der Waals surface area contributed by atoms with Gasteiger partial charge >= 0.3 is 5.97 Å². The van der Waals surface area contributed by atoms with E-state index >= 15 is 0 Å². The number of esters is 1. The highest BCUT2D eigenvalue weighted by Gasteiger charge is 2.11. The minimum atomic E-state index is -0.463. The van der Waals surface area contributed by atoms with E-state index in [9.17, 15) is 9.59 Å². The Hall–Kier alpha value is -3.26. The van der Waals surface area contributed by atoms with Gasteiger partial charge in [0.2, 0.25) is 4.96 Å². The number of aryl methyl sites for hydroxylation is 1. The molecule has 27 heavy (non-hydrogen) atoms. The Bertz CT molecular complexity index is 1140. The van der Waals surface area contributed by atoms with Crippen molar-refractivity contribution in [2.45, 2.75) is 20.0 Å². The summed E-state index contributed by atoms with van der Waals surface area (Å²) >= 11 is 1.35. The van der Waals surface area contributed by atoms with E-state index in [2.05, 4.69) is 10.1 Å². The molecule has 136 valence electrons. The van der Waals surface area contributed by atoms with Gasteiger partial charge in [-0.15, -0.1) is 0 Å². The molecular formula is C19H16N4O3S. The molecule has 0 spiro atoms. The highest BCUT2D eigenvalue weighted by atomic mass is 32.1. The Labute approximate surface area is 158 Å². The standard InChI is InChI=1S/C19H16N4O3S/c1-2-16-21-23-17(24)11-14(20-19(23)27-16)12-26-18(25)13-5-7-15(8-6-13)22-9-3-4-10-22/h3-11H,2,12H2,1H3. The van der Waals surface area contributed by atoms with Crippen LogP contribution < -0.4 is 5.56 Å². The summed E-state index contributed by atoms with van der Waals surface area (Å²) in [5.74, 6) is -0.463. The minimum absolute atomic E-state index is 0.0662. The number of rotatable bonds is 5. The van der Waals surface area contributed by atoms with Crippen molar-refractivity contribution < 1.29 is 9.53 Å². The second-order valence-corrected chi connectivity index (χ2v) is 6.88. The highest BCUT2D eigenvalue weighted by Crippen LogP contribution is 2.14. The van der Waals surface area contributed by atoms with Crippen LogP contribution in [0.2, 0.25) is 0 Å². The van der Waals surface area contributed by atoms with Gasteiger partial charge < -0.3 is 9.30 Å². The first-order valence-corrected chi connectivity index (χ1v) is 9.25. The van der Waals surface area contributed by atoms with Crippen LogP contribution >= 0.6 is 11.3 Å². The van der Waals surface area contributed by atoms with Crippen LogP contribution in [0.3, 0.4) is 0 Å². The monoisotopic (exact) mass is 380 g/mol. The maximum absolute atomic E-state index is 12.3. The Morgan fingerprint density at radius 2 is 1.93 bits per heavy atom. The molecule has 0 aliphatic rings. The lowest BCUT2D eigenvalue weighted by molar-refractivity contribution is 0.0468. The number of benzene rings is 1. The molecule has 7 nitrogen and oxygen atoms in total. The largest absolute Gasteiger partial charge is 0.456 e. The van der Waals surface area contributed by atoms with Gasteiger partial charge in [0.1, 0.15) is 11.6 Å². The fraction of sp³-hybridized carbons (Fsp3) is 0.158. The van der Waals surface area contributed by atoms with Crippen LogP contribution in [0.5, 0.6) is 0 Å². The molecule has 0 bridgehead atoms. The summed E-state index contributed by atoms with van der Waals surface area (Å²) < 4.78 is 8.53. The van der Waals surface area contributed by atoms with Gasteiger partial charge in [-0.3, -0.25) is 4.79 Å². The van der Waals surface area contributed by atoms with Gasteiger partial charge in [0.25, 0.3) is 5.56 Å². The molecule has 8 heteroatoms. The SMILES string of the molecule is CCc1nn2c(=O)cc(COC(=O)c3ccc(-n4cccc4)cc3)nc2s1. The maximum Gasteiger partial charge on any atom is 0.338 e. The van der Waals surface area contributed by atoms with Crippen LogP contribution in [0.4, 0.5) is 0 Å². The Kier molecular flexibility index (Phi) is 4.55. The van der Waals surface area contributed by atoms with E-state index in [1.807, 2.05) is 48.1 Å². The number of carbonyl (C=O) groups excluding carboxylic acids is 1. The smallest absolute Gasteiger partial charge is 0.338 e. The van der Waals surface area contributed by atoms with E-state index in [1.54, 1.807) is 12.1 Å². The second kappa shape index (κ2) is 7.16. The molecule has 0 aliphatic heterocycles. The van der Waals surface area contributed by atoms with Crippen LogP contribution in [0.1, 0.15) is 28.0 Å². The predicted molar refractivity (Wildman–Crippen MR) is 101 cm³/mol. The van der Waals surface area contributed by atoms with Crippen molar-refractivity contribution in [1.82, 2.24) is 19.2 Å². The average molecular weight is 380 g/mol. The number of ether oxygens (including phenoxy) is 1. The second-order valence-electron chi connectivity index (χ2n) is 5.84. The lowest BCUT2D eigenvalue weighted by Gasteiger charge is -2.06. The molecule has 4 rings (SSSR count). The summed E-state index contributed by atoms with van der Waals surface area (Å²) in [4.78, 5) is 29.2. The fourth-order valence-corrected chi connectivity index (χ4v) is 3.47. The summed E-state index contributed by atoms with van der Waals surface area (Å²) in [6.07, 6.45) is 4.59. The lowest BCUT2D eigenvalue weighted by Crippen LogP contribution is -2.16. The third kappa shape index (κ3) is 3.52. The molecule has 1 aromatic carbocycles. The van der Waals surface area contributed by atoms with Crippen molar-refractivity contribution >= 4 is 22.3 Å². The zero-order valence-corrected chi connectivity index (χ0v) is 15.3. The van der Waals surface area contributed by atoms with Crippen LogP contribution in [0.15, 0.2) is 59.7 Å². The Morgan fingerprint density at radius 3 is 2.63 bits per heavy atom. The minimum Gasteiger partial charge on any atom is -0.456 e. The van der Waals surface area contributed by atoms with Crippen molar-refractivity contribution in [3.8, 4) is 5.69 Å². The lowest BCUT2D eigenvalue weighted by atomic mass is 10.2. The molecule has 0 amide bonds. The Morgan fingerprint density at radius 1 is 1.19 bits per heavy atom. The normalized spacial score (nSPS) is 11.0.